The molecule has 0 aromatic carbocycles. The van der Waals surface area contributed by atoms with E-state index in [2.05, 4.69) is 10.1 Å². The molecule has 0 radical (unpaired) electrons. The van der Waals surface area contributed by atoms with Crippen LogP contribution in [-0.4, -0.2) is 36.4 Å². The second-order valence-electron chi connectivity index (χ2n) is 6.05. The standard InChI is InChI=1S/C12H18N2O5S/c1-11(2,3)18-9(15)7-8-13-10(19-14-8)12(5-6-12)20(4,16)17/h5-7H2,1-4H3. The molecule has 0 N–H and O–H groups in total. The van der Waals surface area contributed by atoms with Gasteiger partial charge in [-0.15, -0.1) is 0 Å². The van der Waals surface area contributed by atoms with Crippen LogP contribution in [0.15, 0.2) is 4.52 Å². The molecule has 2 rings (SSSR count). The Bertz CT molecular complexity index is 623. The van der Waals surface area contributed by atoms with Crippen LogP contribution < -0.4 is 0 Å². The minimum atomic E-state index is -3.30. The lowest BCUT2D eigenvalue weighted by Crippen LogP contribution is -2.25. The van der Waals surface area contributed by atoms with Crippen molar-refractivity contribution in [2.45, 2.75) is 50.4 Å². The van der Waals surface area contributed by atoms with Crippen molar-refractivity contribution in [2.24, 2.45) is 0 Å². The maximum Gasteiger partial charge on any atom is 0.314 e. The molecule has 1 heterocycles. The van der Waals surface area contributed by atoms with Crippen molar-refractivity contribution in [3.8, 4) is 0 Å². The van der Waals surface area contributed by atoms with Crippen LogP contribution in [0.2, 0.25) is 0 Å². The fourth-order valence-electron chi connectivity index (χ4n) is 1.87. The Morgan fingerprint density at radius 1 is 1.40 bits per heavy atom. The summed E-state index contributed by atoms with van der Waals surface area (Å²) in [6.45, 7) is 5.28. The molecule has 0 unspecified atom stereocenters. The summed E-state index contributed by atoms with van der Waals surface area (Å²) in [4.78, 5) is 15.7. The number of nitrogens with zero attached hydrogens (tertiary/aromatic N) is 2. The summed E-state index contributed by atoms with van der Waals surface area (Å²) in [5.74, 6) is -0.267. The Labute approximate surface area is 117 Å². The van der Waals surface area contributed by atoms with Gasteiger partial charge < -0.3 is 9.26 Å². The zero-order valence-electron chi connectivity index (χ0n) is 12.0. The van der Waals surface area contributed by atoms with Gasteiger partial charge in [0.2, 0.25) is 5.89 Å². The average molecular weight is 302 g/mol. The summed E-state index contributed by atoms with van der Waals surface area (Å²) in [6.07, 6.45) is 1.96. The first-order valence-corrected chi connectivity index (χ1v) is 8.17. The highest BCUT2D eigenvalue weighted by Crippen LogP contribution is 2.51. The van der Waals surface area contributed by atoms with Crippen molar-refractivity contribution in [2.75, 3.05) is 6.26 Å². The van der Waals surface area contributed by atoms with Crippen molar-refractivity contribution in [1.82, 2.24) is 10.1 Å². The lowest BCUT2D eigenvalue weighted by atomic mass is 10.2. The van der Waals surface area contributed by atoms with Crippen molar-refractivity contribution in [3.05, 3.63) is 11.7 Å². The number of rotatable bonds is 4. The molecule has 1 aliphatic carbocycles. The Hall–Kier alpha value is -1.44. The molecule has 0 atom stereocenters. The number of hydrogen-bond acceptors (Lipinski definition) is 7. The third kappa shape index (κ3) is 3.00. The number of ether oxygens (including phenoxy) is 1. The molecule has 1 aromatic heterocycles. The Morgan fingerprint density at radius 2 is 2.00 bits per heavy atom. The second kappa shape index (κ2) is 4.54. The highest BCUT2D eigenvalue weighted by atomic mass is 32.2. The maximum absolute atomic E-state index is 11.7. The quantitative estimate of drug-likeness (QED) is 0.764. The van der Waals surface area contributed by atoms with Gasteiger partial charge in [-0.3, -0.25) is 4.79 Å². The highest BCUT2D eigenvalue weighted by molar-refractivity contribution is 7.91. The van der Waals surface area contributed by atoms with Gasteiger partial charge in [-0.05, 0) is 33.6 Å². The third-order valence-corrected chi connectivity index (χ3v) is 5.00. The maximum atomic E-state index is 11.7. The first-order valence-electron chi connectivity index (χ1n) is 6.28. The van der Waals surface area contributed by atoms with Crippen molar-refractivity contribution >= 4 is 15.8 Å². The molecule has 0 aliphatic heterocycles. The predicted octanol–water partition coefficient (Wildman–Crippen LogP) is 0.988. The molecule has 7 nitrogen and oxygen atoms in total. The monoisotopic (exact) mass is 302 g/mol. The van der Waals surface area contributed by atoms with Gasteiger partial charge in [0.05, 0.1) is 0 Å². The fraction of sp³-hybridized carbons (Fsp3) is 0.750. The topological polar surface area (TPSA) is 99.4 Å². The summed E-state index contributed by atoms with van der Waals surface area (Å²) in [7, 11) is -3.30. The van der Waals surface area contributed by atoms with Crippen LogP contribution in [0.5, 0.6) is 0 Å². The van der Waals surface area contributed by atoms with Crippen molar-refractivity contribution in [1.29, 1.82) is 0 Å². The summed E-state index contributed by atoms with van der Waals surface area (Å²) < 4.78 is 32.5. The van der Waals surface area contributed by atoms with Gasteiger partial charge in [0.15, 0.2) is 20.4 Å². The minimum Gasteiger partial charge on any atom is -0.460 e. The van der Waals surface area contributed by atoms with Crippen LogP contribution in [0, 0.1) is 0 Å². The highest BCUT2D eigenvalue weighted by Gasteiger charge is 2.58. The van der Waals surface area contributed by atoms with E-state index in [9.17, 15) is 13.2 Å². The molecule has 1 fully saturated rings. The van der Waals surface area contributed by atoms with Gasteiger partial charge >= 0.3 is 5.97 Å². The fourth-order valence-corrected chi connectivity index (χ4v) is 3.12. The summed E-state index contributed by atoms with van der Waals surface area (Å²) in [5.41, 5.74) is -0.589. The SMILES string of the molecule is CC(C)(C)OC(=O)Cc1noc(C2(S(C)(=O)=O)CC2)n1. The summed E-state index contributed by atoms with van der Waals surface area (Å²) in [6, 6.07) is 0. The van der Waals surface area contributed by atoms with Gasteiger partial charge in [0.25, 0.3) is 0 Å². The smallest absolute Gasteiger partial charge is 0.314 e. The minimum absolute atomic E-state index is 0.0681. The van der Waals surface area contributed by atoms with E-state index in [4.69, 9.17) is 9.26 Å². The molecule has 1 aromatic rings. The van der Waals surface area contributed by atoms with Crippen LogP contribution in [0.3, 0.4) is 0 Å². The number of esters is 1. The van der Waals surface area contributed by atoms with Gasteiger partial charge in [-0.25, -0.2) is 8.42 Å². The van der Waals surface area contributed by atoms with E-state index in [1.54, 1.807) is 20.8 Å². The predicted molar refractivity (Wildman–Crippen MR) is 69.6 cm³/mol. The molecular formula is C12H18N2O5S. The molecule has 8 heteroatoms. The number of carbonyl (C=O) groups excluding carboxylic acids is 1. The van der Waals surface area contributed by atoms with Crippen molar-refractivity contribution < 1.29 is 22.5 Å². The van der Waals surface area contributed by atoms with E-state index in [1.807, 2.05) is 0 Å². The van der Waals surface area contributed by atoms with Crippen LogP contribution in [0.25, 0.3) is 0 Å². The summed E-state index contributed by atoms with van der Waals surface area (Å²) in [5, 5.41) is 3.65. The van der Waals surface area contributed by atoms with Crippen molar-refractivity contribution in [3.63, 3.8) is 0 Å². The van der Waals surface area contributed by atoms with E-state index >= 15 is 0 Å². The number of hydrogen-bond donors (Lipinski definition) is 0. The largest absolute Gasteiger partial charge is 0.460 e. The number of sulfone groups is 1. The molecule has 112 valence electrons. The van der Waals surface area contributed by atoms with Gasteiger partial charge in [-0.2, -0.15) is 4.98 Å². The first-order chi connectivity index (χ1) is 9.03. The lowest BCUT2D eigenvalue weighted by Gasteiger charge is -2.18. The van der Waals surface area contributed by atoms with E-state index in [0.717, 1.165) is 6.26 Å². The normalized spacial score (nSPS) is 17.8. The lowest BCUT2D eigenvalue weighted by molar-refractivity contribution is -0.154. The van der Waals surface area contributed by atoms with Crippen LogP contribution >= 0.6 is 0 Å². The van der Waals surface area contributed by atoms with Gasteiger partial charge in [-0.1, -0.05) is 5.16 Å². The Morgan fingerprint density at radius 3 is 2.45 bits per heavy atom. The second-order valence-corrected chi connectivity index (χ2v) is 8.37. The van der Waals surface area contributed by atoms with Crippen LogP contribution in [0.4, 0.5) is 0 Å². The zero-order valence-corrected chi connectivity index (χ0v) is 12.8. The first kappa shape index (κ1) is 15.0. The molecule has 1 saturated carbocycles. The van der Waals surface area contributed by atoms with E-state index in [1.165, 1.54) is 0 Å². The molecule has 0 spiro atoms. The van der Waals surface area contributed by atoms with Gasteiger partial charge in [0.1, 0.15) is 12.0 Å². The van der Waals surface area contributed by atoms with E-state index < -0.39 is 26.2 Å². The molecule has 0 amide bonds. The molecule has 20 heavy (non-hydrogen) atoms. The molecule has 0 saturated heterocycles. The zero-order chi connectivity index (χ0) is 15.2. The Balaban J connectivity index is 2.10. The van der Waals surface area contributed by atoms with Crippen LogP contribution in [-0.2, 0) is 30.5 Å². The van der Waals surface area contributed by atoms with Gasteiger partial charge in [0, 0.05) is 6.26 Å². The molecular weight excluding hydrogens is 284 g/mol. The third-order valence-electron chi connectivity index (χ3n) is 2.99. The van der Waals surface area contributed by atoms with E-state index in [0.29, 0.717) is 12.8 Å². The van der Waals surface area contributed by atoms with E-state index in [-0.39, 0.29) is 18.1 Å². The molecule has 1 aliphatic rings. The summed E-state index contributed by atoms with van der Waals surface area (Å²) >= 11 is 0. The Kier molecular flexibility index (Phi) is 3.40. The number of carbonyl (C=O) groups is 1. The average Bonchev–Trinajstić information content (AvgIpc) is 2.92. The van der Waals surface area contributed by atoms with Crippen LogP contribution in [0.1, 0.15) is 45.3 Å². The molecule has 0 bridgehead atoms. The number of aromatic nitrogens is 2.